The van der Waals surface area contributed by atoms with E-state index >= 15 is 0 Å². The molecule has 3 rings (SSSR count). The van der Waals surface area contributed by atoms with Crippen LogP contribution in [0.25, 0.3) is 17.0 Å². The molecule has 35 heavy (non-hydrogen) atoms. The number of methoxy groups -OCH3 is 1. The molecule has 0 aliphatic carbocycles. The number of nitrogens with two attached hydrogens (primary N) is 3. The monoisotopic (exact) mass is 479 g/mol. The van der Waals surface area contributed by atoms with Gasteiger partial charge in [0.25, 0.3) is 5.89 Å². The van der Waals surface area contributed by atoms with Gasteiger partial charge in [-0.15, -0.1) is 0 Å². The van der Waals surface area contributed by atoms with Crippen LogP contribution in [0.5, 0.6) is 0 Å². The molecule has 0 radical (unpaired) electrons. The first kappa shape index (κ1) is 25.2. The van der Waals surface area contributed by atoms with E-state index in [1.165, 1.54) is 23.3 Å². The Morgan fingerprint density at radius 1 is 1.34 bits per heavy atom. The topological polar surface area (TPSA) is 177 Å². The van der Waals surface area contributed by atoms with Gasteiger partial charge >= 0.3 is 0 Å². The zero-order valence-electron chi connectivity index (χ0n) is 19.5. The standard InChI is InChI=1S/C23H29N9O3/c1-15(18(9-25)10-27-16(2)26)4-5-17(8-24)22-29-23(35-30-22)19-11-28-32(12-19)14-21(33)31-7-6-20(13-31)34-3/h4-5,8-12,20H,1-2,6-7,13-14,24-26H2,3H3/b5-4-,17-8+,18-9+,27-10-. The van der Waals surface area contributed by atoms with E-state index in [1.54, 1.807) is 36.6 Å². The van der Waals surface area contributed by atoms with Gasteiger partial charge in [0.15, 0.2) is 0 Å². The summed E-state index contributed by atoms with van der Waals surface area (Å²) in [5, 5.41) is 8.22. The number of rotatable bonds is 10. The largest absolute Gasteiger partial charge is 0.404 e. The van der Waals surface area contributed by atoms with Crippen LogP contribution in [0.15, 0.2) is 76.6 Å². The first-order valence-corrected chi connectivity index (χ1v) is 10.7. The van der Waals surface area contributed by atoms with Gasteiger partial charge in [0.1, 0.15) is 12.4 Å². The minimum Gasteiger partial charge on any atom is -0.404 e. The summed E-state index contributed by atoms with van der Waals surface area (Å²) in [6.07, 6.45) is 11.6. The fourth-order valence-corrected chi connectivity index (χ4v) is 3.28. The van der Waals surface area contributed by atoms with E-state index in [4.69, 9.17) is 26.5 Å². The summed E-state index contributed by atoms with van der Waals surface area (Å²) in [5.41, 5.74) is 19.0. The molecule has 0 bridgehead atoms. The van der Waals surface area contributed by atoms with Crippen molar-refractivity contribution in [1.29, 1.82) is 0 Å². The van der Waals surface area contributed by atoms with Crippen molar-refractivity contribution in [2.24, 2.45) is 22.2 Å². The minimum absolute atomic E-state index is 0.0316. The third-order valence-corrected chi connectivity index (χ3v) is 5.26. The van der Waals surface area contributed by atoms with Crippen LogP contribution in [0.3, 0.4) is 0 Å². The molecular formula is C23H29N9O3. The molecule has 0 spiro atoms. The lowest BCUT2D eigenvalue weighted by Crippen LogP contribution is -2.32. The van der Waals surface area contributed by atoms with Gasteiger partial charge in [0.2, 0.25) is 11.7 Å². The predicted molar refractivity (Wildman–Crippen MR) is 132 cm³/mol. The Bertz CT molecular complexity index is 1200. The Labute approximate surface area is 202 Å². The van der Waals surface area contributed by atoms with Crippen molar-refractivity contribution in [3.05, 3.63) is 72.9 Å². The molecule has 2 aromatic rings. The third kappa shape index (κ3) is 6.54. The predicted octanol–water partition coefficient (Wildman–Crippen LogP) is 0.936. The number of carbonyl (C=O) groups is 1. The molecule has 1 aliphatic heterocycles. The molecule has 0 saturated carbocycles. The van der Waals surface area contributed by atoms with E-state index in [-0.39, 0.29) is 36.1 Å². The minimum atomic E-state index is -0.0316. The smallest absolute Gasteiger partial charge is 0.261 e. The summed E-state index contributed by atoms with van der Waals surface area (Å²) < 4.78 is 12.2. The van der Waals surface area contributed by atoms with Gasteiger partial charge < -0.3 is 31.4 Å². The molecule has 1 atom stereocenters. The molecule has 1 unspecified atom stereocenters. The number of likely N-dealkylation sites (tertiary alicyclic amines) is 1. The lowest BCUT2D eigenvalue weighted by Gasteiger charge is -2.15. The summed E-state index contributed by atoms with van der Waals surface area (Å²) in [5.74, 6) is 0.615. The van der Waals surface area contributed by atoms with Crippen molar-refractivity contribution in [3.8, 4) is 11.5 Å². The van der Waals surface area contributed by atoms with Crippen LogP contribution in [0.4, 0.5) is 0 Å². The first-order valence-electron chi connectivity index (χ1n) is 10.7. The summed E-state index contributed by atoms with van der Waals surface area (Å²) >= 11 is 0. The number of ether oxygens (including phenoxy) is 1. The van der Waals surface area contributed by atoms with Gasteiger partial charge in [-0.05, 0) is 18.1 Å². The zero-order valence-corrected chi connectivity index (χ0v) is 19.5. The van der Waals surface area contributed by atoms with Crippen LogP contribution in [0, 0.1) is 0 Å². The molecule has 0 aromatic carbocycles. The average Bonchev–Trinajstić information content (AvgIpc) is 3.60. The Morgan fingerprint density at radius 3 is 2.80 bits per heavy atom. The second kappa shape index (κ2) is 11.6. The van der Waals surface area contributed by atoms with Crippen molar-refractivity contribution in [2.45, 2.75) is 19.1 Å². The van der Waals surface area contributed by atoms with Gasteiger partial charge in [-0.2, -0.15) is 10.1 Å². The lowest BCUT2D eigenvalue weighted by molar-refractivity contribution is -0.131. The van der Waals surface area contributed by atoms with Gasteiger partial charge in [-0.3, -0.25) is 9.48 Å². The number of aliphatic imine (C=N–C) groups is 1. The fourth-order valence-electron chi connectivity index (χ4n) is 3.28. The highest BCUT2D eigenvalue weighted by molar-refractivity contribution is 5.86. The number of amides is 1. The van der Waals surface area contributed by atoms with E-state index in [0.29, 0.717) is 35.4 Å². The van der Waals surface area contributed by atoms with Crippen molar-refractivity contribution < 1.29 is 14.1 Å². The molecule has 12 nitrogen and oxygen atoms in total. The molecule has 6 N–H and O–H groups in total. The van der Waals surface area contributed by atoms with Crippen LogP contribution < -0.4 is 17.2 Å². The number of carbonyl (C=O) groups excluding carboxylic acids is 1. The van der Waals surface area contributed by atoms with E-state index in [9.17, 15) is 4.79 Å². The van der Waals surface area contributed by atoms with Gasteiger partial charge in [-0.1, -0.05) is 24.4 Å². The maximum atomic E-state index is 12.5. The third-order valence-electron chi connectivity index (χ3n) is 5.26. The van der Waals surface area contributed by atoms with Crippen molar-refractivity contribution in [3.63, 3.8) is 0 Å². The van der Waals surface area contributed by atoms with Crippen molar-refractivity contribution in [1.82, 2.24) is 24.8 Å². The highest BCUT2D eigenvalue weighted by Gasteiger charge is 2.26. The highest BCUT2D eigenvalue weighted by Crippen LogP contribution is 2.21. The molecule has 1 aliphatic rings. The molecule has 1 fully saturated rings. The number of nitrogens with zero attached hydrogens (tertiary/aromatic N) is 6. The quantitative estimate of drug-likeness (QED) is 0.330. The van der Waals surface area contributed by atoms with Crippen LogP contribution in [-0.2, 0) is 16.1 Å². The van der Waals surface area contributed by atoms with Crippen LogP contribution in [0.2, 0.25) is 0 Å². The average molecular weight is 480 g/mol. The fraction of sp³-hybridized carbons (Fsp3) is 0.261. The van der Waals surface area contributed by atoms with E-state index < -0.39 is 0 Å². The lowest BCUT2D eigenvalue weighted by atomic mass is 10.1. The van der Waals surface area contributed by atoms with Crippen LogP contribution >= 0.6 is 0 Å². The molecule has 1 amide bonds. The highest BCUT2D eigenvalue weighted by atomic mass is 16.5. The molecule has 2 aromatic heterocycles. The van der Waals surface area contributed by atoms with Crippen LogP contribution in [0.1, 0.15) is 12.2 Å². The maximum Gasteiger partial charge on any atom is 0.261 e. The Balaban J connectivity index is 1.65. The molecule has 12 heteroatoms. The number of hydrogen-bond donors (Lipinski definition) is 3. The van der Waals surface area contributed by atoms with Crippen molar-refractivity contribution >= 4 is 17.7 Å². The summed E-state index contributed by atoms with van der Waals surface area (Å²) in [6.45, 7) is 8.80. The normalized spacial score (nSPS) is 17.1. The second-order valence-electron chi connectivity index (χ2n) is 7.69. The Kier molecular flexibility index (Phi) is 8.35. The zero-order chi connectivity index (χ0) is 25.4. The summed E-state index contributed by atoms with van der Waals surface area (Å²) in [7, 11) is 1.65. The second-order valence-corrected chi connectivity index (χ2v) is 7.69. The number of hydrogen-bond acceptors (Lipinski definition) is 10. The van der Waals surface area contributed by atoms with E-state index in [0.717, 1.165) is 6.42 Å². The van der Waals surface area contributed by atoms with E-state index in [2.05, 4.69) is 33.4 Å². The van der Waals surface area contributed by atoms with Gasteiger partial charge in [0.05, 0.1) is 17.9 Å². The molecule has 3 heterocycles. The van der Waals surface area contributed by atoms with Gasteiger partial charge in [0, 0.05) is 56.2 Å². The Morgan fingerprint density at radius 2 is 2.14 bits per heavy atom. The molecule has 184 valence electrons. The number of allylic oxidation sites excluding steroid dienone is 5. The molecular weight excluding hydrogens is 450 g/mol. The molecule has 1 saturated heterocycles. The number of aromatic nitrogens is 4. The van der Waals surface area contributed by atoms with Crippen LogP contribution in [-0.4, -0.2) is 63.2 Å². The summed E-state index contributed by atoms with van der Waals surface area (Å²) in [4.78, 5) is 22.6. The van der Waals surface area contributed by atoms with Gasteiger partial charge in [-0.25, -0.2) is 4.99 Å². The SMILES string of the molecule is C=C(N)/N=C\C(=C/N)C(=C)/C=C\C(=C/N)c1noc(-c2cnn(CC(=O)N3CCC(OC)C3)c2)n1. The maximum absolute atomic E-state index is 12.5. The Hall–Kier alpha value is -4.45. The van der Waals surface area contributed by atoms with E-state index in [1.807, 2.05) is 0 Å². The summed E-state index contributed by atoms with van der Waals surface area (Å²) in [6, 6.07) is 0. The first-order chi connectivity index (χ1) is 16.8. The van der Waals surface area contributed by atoms with Crippen molar-refractivity contribution in [2.75, 3.05) is 20.2 Å².